The van der Waals surface area contributed by atoms with Crippen molar-refractivity contribution in [1.29, 1.82) is 0 Å². The van der Waals surface area contributed by atoms with Gasteiger partial charge >= 0.3 is 0 Å². The van der Waals surface area contributed by atoms with E-state index in [1.165, 1.54) is 0 Å². The topological polar surface area (TPSA) is 68.8 Å². The van der Waals surface area contributed by atoms with Gasteiger partial charge in [0.2, 0.25) is 0 Å². The van der Waals surface area contributed by atoms with E-state index in [2.05, 4.69) is 10.1 Å². The monoisotopic (exact) mass is 84.0 g/mol. The van der Waals surface area contributed by atoms with Gasteiger partial charge in [-0.15, -0.1) is 4.95 Å². The maximum atomic E-state index is 6.01. The standard InChI is InChI=1S/C2H4N4/c1-5-6-2(3)4/h(H4,3,4,6). The van der Waals surface area contributed by atoms with Crippen LogP contribution in [0.15, 0.2) is 5.10 Å². The minimum atomic E-state index is -0.190. The Morgan fingerprint density at radius 3 is 2.17 bits per heavy atom. The molecule has 0 saturated heterocycles. The first kappa shape index (κ1) is 4.76. The average Bonchev–Trinajstić information content (AvgIpc) is 1.35. The van der Waals surface area contributed by atoms with Gasteiger partial charge < -0.3 is 11.5 Å². The zero-order chi connectivity index (χ0) is 4.99. The highest BCUT2D eigenvalue weighted by atomic mass is 15.2. The van der Waals surface area contributed by atoms with E-state index in [0.29, 0.717) is 0 Å². The van der Waals surface area contributed by atoms with E-state index in [9.17, 15) is 0 Å². The van der Waals surface area contributed by atoms with Crippen LogP contribution in [0.25, 0.3) is 4.95 Å². The fraction of sp³-hybridized carbons (Fsp3) is 0. The van der Waals surface area contributed by atoms with Crippen LogP contribution in [0.5, 0.6) is 0 Å². The summed E-state index contributed by atoms with van der Waals surface area (Å²) in [5.41, 5.74) is 9.43. The van der Waals surface area contributed by atoms with Crippen LogP contribution in [-0.4, -0.2) is 5.96 Å². The Morgan fingerprint density at radius 1 is 1.67 bits per heavy atom. The Balaban J connectivity index is 3.51. The molecule has 0 aromatic heterocycles. The lowest BCUT2D eigenvalue weighted by molar-refractivity contribution is 1.43. The Kier molecular flexibility index (Phi) is 1.61. The Labute approximate surface area is 35.3 Å². The van der Waals surface area contributed by atoms with E-state index in [-0.39, 0.29) is 5.96 Å². The van der Waals surface area contributed by atoms with E-state index in [1.54, 1.807) is 0 Å². The van der Waals surface area contributed by atoms with Gasteiger partial charge in [0.15, 0.2) is 0 Å². The summed E-state index contributed by atoms with van der Waals surface area (Å²) in [5, 5.41) is 2.89. The largest absolute Gasteiger partial charge is 0.364 e. The highest BCUT2D eigenvalue weighted by Gasteiger charge is 1.73. The van der Waals surface area contributed by atoms with Crippen molar-refractivity contribution in [2.75, 3.05) is 0 Å². The molecular weight excluding hydrogens is 80.1 g/mol. The fourth-order valence-corrected chi connectivity index (χ4v) is 0.0577. The third-order valence-electron chi connectivity index (χ3n) is 0.165. The van der Waals surface area contributed by atoms with Crippen molar-refractivity contribution in [3.8, 4) is 0 Å². The second-order valence-electron chi connectivity index (χ2n) is 0.625. The third-order valence-corrected chi connectivity index (χ3v) is 0.165. The number of guanidine groups is 1. The second kappa shape index (κ2) is 2.03. The lowest BCUT2D eigenvalue weighted by Crippen LogP contribution is -2.21. The molecule has 0 aliphatic heterocycles. The number of hydrogen-bond donors (Lipinski definition) is 2. The predicted molar refractivity (Wildman–Crippen MR) is 22.4 cm³/mol. The van der Waals surface area contributed by atoms with Crippen molar-refractivity contribution in [2.24, 2.45) is 16.6 Å². The molecular formula is C2H4N4. The third kappa shape index (κ3) is 2.76. The van der Waals surface area contributed by atoms with Crippen LogP contribution in [-0.2, 0) is 0 Å². The molecule has 0 spiro atoms. The number of nitrogens with zero attached hydrogens (tertiary/aromatic N) is 2. The van der Waals surface area contributed by atoms with E-state index in [0.717, 1.165) is 0 Å². The summed E-state index contributed by atoms with van der Waals surface area (Å²) in [5.74, 6) is -0.190. The molecule has 0 aliphatic carbocycles. The van der Waals surface area contributed by atoms with Crippen molar-refractivity contribution < 1.29 is 0 Å². The summed E-state index contributed by atoms with van der Waals surface area (Å²) in [4.78, 5) is 2.52. The van der Waals surface area contributed by atoms with Crippen molar-refractivity contribution in [3.05, 3.63) is 11.5 Å². The van der Waals surface area contributed by atoms with Gasteiger partial charge in [0.1, 0.15) is 5.10 Å². The van der Waals surface area contributed by atoms with Gasteiger partial charge in [-0.05, 0) is 0 Å². The van der Waals surface area contributed by atoms with Crippen LogP contribution >= 0.6 is 0 Å². The second-order valence-corrected chi connectivity index (χ2v) is 0.625. The van der Waals surface area contributed by atoms with Crippen molar-refractivity contribution in [3.63, 3.8) is 0 Å². The molecule has 6 heavy (non-hydrogen) atoms. The number of hydrogen-bond acceptors (Lipinski definition) is 1. The summed E-state index contributed by atoms with van der Waals surface area (Å²) in [6.45, 7) is 6.01. The Hall–Kier alpha value is -1.24. The van der Waals surface area contributed by atoms with Crippen LogP contribution in [0.4, 0.5) is 0 Å². The quantitative estimate of drug-likeness (QED) is 0.173. The predicted octanol–water partition coefficient (Wildman–Crippen LogP) is -0.906. The molecule has 0 fully saturated rings. The molecule has 0 aliphatic rings. The van der Waals surface area contributed by atoms with Gasteiger partial charge in [-0.3, -0.25) is 0 Å². The molecule has 0 rings (SSSR count). The van der Waals surface area contributed by atoms with Crippen molar-refractivity contribution >= 4 is 5.96 Å². The summed E-state index contributed by atoms with van der Waals surface area (Å²) in [6, 6.07) is 0. The molecule has 0 aromatic rings. The molecule has 0 radical (unpaired) electrons. The normalized spacial score (nSPS) is 5.83. The lowest BCUT2D eigenvalue weighted by Gasteiger charge is -1.69. The summed E-state index contributed by atoms with van der Waals surface area (Å²) in [7, 11) is 0. The van der Waals surface area contributed by atoms with Crippen LogP contribution in [0.3, 0.4) is 0 Å². The first-order valence-corrected chi connectivity index (χ1v) is 1.22. The van der Waals surface area contributed by atoms with Gasteiger partial charge in [0.05, 0.1) is 0 Å². The summed E-state index contributed by atoms with van der Waals surface area (Å²) in [6.07, 6.45) is 0. The van der Waals surface area contributed by atoms with E-state index in [4.69, 9.17) is 18.0 Å². The maximum absolute atomic E-state index is 6.01. The smallest absolute Gasteiger partial charge is 0.272 e. The first-order valence-electron chi connectivity index (χ1n) is 1.22. The fourth-order valence-electron chi connectivity index (χ4n) is 0.0577. The Morgan fingerprint density at radius 2 is 2.17 bits per heavy atom. The highest BCUT2D eigenvalue weighted by molar-refractivity contribution is 5.75. The van der Waals surface area contributed by atoms with Crippen LogP contribution in [0.2, 0.25) is 0 Å². The minimum Gasteiger partial charge on any atom is -0.364 e. The molecule has 32 valence electrons. The van der Waals surface area contributed by atoms with Crippen LogP contribution < -0.4 is 11.5 Å². The van der Waals surface area contributed by atoms with Gasteiger partial charge in [-0.25, -0.2) is 0 Å². The number of nitrogens with two attached hydrogens (primary N) is 2. The highest BCUT2D eigenvalue weighted by Crippen LogP contribution is 1.58. The molecule has 4 N–H and O–H groups in total. The van der Waals surface area contributed by atoms with E-state index >= 15 is 0 Å². The van der Waals surface area contributed by atoms with Crippen molar-refractivity contribution in [2.45, 2.75) is 0 Å². The molecule has 0 unspecified atom stereocenters. The average molecular weight is 84.1 g/mol. The summed E-state index contributed by atoms with van der Waals surface area (Å²) >= 11 is 0. The molecule has 4 heteroatoms. The zero-order valence-corrected chi connectivity index (χ0v) is 3.05. The summed E-state index contributed by atoms with van der Waals surface area (Å²) < 4.78 is 0. The van der Waals surface area contributed by atoms with Gasteiger partial charge in [-0.1, -0.05) is 0 Å². The zero-order valence-electron chi connectivity index (χ0n) is 3.05. The molecule has 0 heterocycles. The molecule has 0 amide bonds. The van der Waals surface area contributed by atoms with E-state index < -0.39 is 0 Å². The van der Waals surface area contributed by atoms with Gasteiger partial charge in [0, 0.05) is 0 Å². The molecule has 0 aromatic carbocycles. The number of rotatable bonds is 0. The molecule has 0 bridgehead atoms. The lowest BCUT2D eigenvalue weighted by atomic mass is 11.1. The Bertz CT molecular complexity index is 92.6. The van der Waals surface area contributed by atoms with Gasteiger partial charge in [-0.2, -0.15) is 6.57 Å². The van der Waals surface area contributed by atoms with Crippen molar-refractivity contribution in [1.82, 2.24) is 0 Å². The van der Waals surface area contributed by atoms with Crippen LogP contribution in [0.1, 0.15) is 0 Å². The SMILES string of the molecule is [C-]#[N+]N=C(N)N. The molecule has 4 nitrogen and oxygen atoms in total. The van der Waals surface area contributed by atoms with Crippen LogP contribution in [0, 0.1) is 6.57 Å². The molecule has 0 atom stereocenters. The van der Waals surface area contributed by atoms with E-state index in [1.807, 2.05) is 0 Å². The minimum absolute atomic E-state index is 0.190. The van der Waals surface area contributed by atoms with Gasteiger partial charge in [0.25, 0.3) is 5.96 Å². The molecule has 0 saturated carbocycles. The first-order chi connectivity index (χ1) is 2.77. The maximum Gasteiger partial charge on any atom is 0.272 e.